The molecular weight excluding hydrogens is 248 g/mol. The standard InChI is InChI=1S/C15H19ClO2/c16-14-9-5-4-8-12(14)13(10-15(17)18)11-6-2-1-3-7-11/h4-5,8-9,11,13H,1-3,6-7,10H2,(H,17,18). The Labute approximate surface area is 113 Å². The minimum atomic E-state index is -0.731. The third-order valence-corrected chi connectivity index (χ3v) is 4.26. The van der Waals surface area contributed by atoms with E-state index in [1.54, 1.807) is 0 Å². The molecule has 2 nitrogen and oxygen atoms in total. The third kappa shape index (κ3) is 3.26. The number of carboxylic acid groups (broad SMARTS) is 1. The summed E-state index contributed by atoms with van der Waals surface area (Å²) in [6, 6.07) is 7.67. The number of carbonyl (C=O) groups is 1. The van der Waals surface area contributed by atoms with E-state index in [0.717, 1.165) is 18.4 Å². The van der Waals surface area contributed by atoms with Crippen molar-refractivity contribution in [2.45, 2.75) is 44.4 Å². The highest BCUT2D eigenvalue weighted by molar-refractivity contribution is 6.31. The summed E-state index contributed by atoms with van der Waals surface area (Å²) in [4.78, 5) is 11.1. The Balaban J connectivity index is 2.24. The molecule has 1 aromatic rings. The lowest BCUT2D eigenvalue weighted by Gasteiger charge is -2.30. The monoisotopic (exact) mass is 266 g/mol. The summed E-state index contributed by atoms with van der Waals surface area (Å²) in [5, 5.41) is 9.83. The van der Waals surface area contributed by atoms with Crippen molar-refractivity contribution in [1.29, 1.82) is 0 Å². The molecule has 1 aliphatic rings. The van der Waals surface area contributed by atoms with Crippen LogP contribution in [0.25, 0.3) is 0 Å². The van der Waals surface area contributed by atoms with Gasteiger partial charge in [0.15, 0.2) is 0 Å². The van der Waals surface area contributed by atoms with Crippen LogP contribution in [0.4, 0.5) is 0 Å². The van der Waals surface area contributed by atoms with Crippen LogP contribution in [0.15, 0.2) is 24.3 Å². The summed E-state index contributed by atoms with van der Waals surface area (Å²) in [6.45, 7) is 0. The first-order valence-corrected chi connectivity index (χ1v) is 7.02. The first kappa shape index (κ1) is 13.4. The quantitative estimate of drug-likeness (QED) is 0.872. The molecule has 0 heterocycles. The summed E-state index contributed by atoms with van der Waals surface area (Å²) >= 11 is 6.23. The normalized spacial score (nSPS) is 18.5. The average molecular weight is 267 g/mol. The molecule has 1 fully saturated rings. The zero-order valence-electron chi connectivity index (χ0n) is 10.4. The van der Waals surface area contributed by atoms with Gasteiger partial charge in [-0.15, -0.1) is 0 Å². The van der Waals surface area contributed by atoms with Crippen LogP contribution in [-0.2, 0) is 4.79 Å². The first-order chi connectivity index (χ1) is 8.68. The van der Waals surface area contributed by atoms with Gasteiger partial charge in [0.25, 0.3) is 0 Å². The number of aliphatic carboxylic acids is 1. The Morgan fingerprint density at radius 3 is 2.56 bits per heavy atom. The molecule has 0 aliphatic heterocycles. The molecule has 0 bridgehead atoms. The van der Waals surface area contributed by atoms with Gasteiger partial charge in [0.2, 0.25) is 0 Å². The largest absolute Gasteiger partial charge is 0.481 e. The number of carboxylic acids is 1. The predicted molar refractivity (Wildman–Crippen MR) is 73.0 cm³/mol. The molecule has 0 aromatic heterocycles. The van der Waals surface area contributed by atoms with Crippen LogP contribution in [0.2, 0.25) is 5.02 Å². The van der Waals surface area contributed by atoms with Crippen molar-refractivity contribution in [3.05, 3.63) is 34.9 Å². The molecule has 0 radical (unpaired) electrons. The molecule has 0 spiro atoms. The number of rotatable bonds is 4. The van der Waals surface area contributed by atoms with Crippen molar-refractivity contribution in [2.75, 3.05) is 0 Å². The van der Waals surface area contributed by atoms with Gasteiger partial charge in [0, 0.05) is 5.02 Å². The van der Waals surface area contributed by atoms with Gasteiger partial charge in [-0.1, -0.05) is 49.1 Å². The van der Waals surface area contributed by atoms with Crippen molar-refractivity contribution in [2.24, 2.45) is 5.92 Å². The van der Waals surface area contributed by atoms with E-state index in [1.807, 2.05) is 24.3 Å². The van der Waals surface area contributed by atoms with Crippen molar-refractivity contribution < 1.29 is 9.90 Å². The number of halogens is 1. The van der Waals surface area contributed by atoms with E-state index in [1.165, 1.54) is 19.3 Å². The fourth-order valence-corrected chi connectivity index (χ4v) is 3.31. The van der Waals surface area contributed by atoms with E-state index in [-0.39, 0.29) is 12.3 Å². The highest BCUT2D eigenvalue weighted by atomic mass is 35.5. The molecule has 0 amide bonds. The molecule has 18 heavy (non-hydrogen) atoms. The maximum atomic E-state index is 11.1. The van der Waals surface area contributed by atoms with Crippen molar-refractivity contribution >= 4 is 17.6 Å². The summed E-state index contributed by atoms with van der Waals surface area (Å²) in [6.07, 6.45) is 6.15. The molecule has 3 heteroatoms. The van der Waals surface area contributed by atoms with Crippen LogP contribution >= 0.6 is 11.6 Å². The molecule has 0 saturated heterocycles. The summed E-state index contributed by atoms with van der Waals surface area (Å²) in [5.74, 6) is -0.197. The Kier molecular flexibility index (Phi) is 4.65. The maximum Gasteiger partial charge on any atom is 0.303 e. The lowest BCUT2D eigenvalue weighted by Crippen LogP contribution is -2.19. The van der Waals surface area contributed by atoms with Gasteiger partial charge < -0.3 is 5.11 Å². The number of benzene rings is 1. The molecule has 1 aliphatic carbocycles. The zero-order valence-corrected chi connectivity index (χ0v) is 11.2. The Hall–Kier alpha value is -1.02. The highest BCUT2D eigenvalue weighted by Crippen LogP contribution is 2.40. The van der Waals surface area contributed by atoms with Crippen LogP contribution in [0.3, 0.4) is 0 Å². The molecule has 1 N–H and O–H groups in total. The minimum Gasteiger partial charge on any atom is -0.481 e. The first-order valence-electron chi connectivity index (χ1n) is 6.64. The van der Waals surface area contributed by atoms with Crippen LogP contribution in [-0.4, -0.2) is 11.1 Å². The van der Waals surface area contributed by atoms with Gasteiger partial charge in [-0.05, 0) is 36.3 Å². The average Bonchev–Trinajstić information content (AvgIpc) is 2.38. The maximum absolute atomic E-state index is 11.1. The number of hydrogen-bond acceptors (Lipinski definition) is 1. The zero-order chi connectivity index (χ0) is 13.0. The molecule has 1 aromatic carbocycles. The van der Waals surface area contributed by atoms with Crippen LogP contribution < -0.4 is 0 Å². The fourth-order valence-electron chi connectivity index (χ4n) is 3.03. The van der Waals surface area contributed by atoms with Gasteiger partial charge in [0.05, 0.1) is 6.42 Å². The lowest BCUT2D eigenvalue weighted by atomic mass is 9.75. The lowest BCUT2D eigenvalue weighted by molar-refractivity contribution is -0.137. The second kappa shape index (κ2) is 6.24. The van der Waals surface area contributed by atoms with Gasteiger partial charge in [-0.25, -0.2) is 0 Å². The molecule has 1 atom stereocenters. The fraction of sp³-hybridized carbons (Fsp3) is 0.533. The van der Waals surface area contributed by atoms with E-state index >= 15 is 0 Å². The van der Waals surface area contributed by atoms with Gasteiger partial charge in [-0.3, -0.25) is 4.79 Å². The van der Waals surface area contributed by atoms with Crippen molar-refractivity contribution in [1.82, 2.24) is 0 Å². The van der Waals surface area contributed by atoms with Gasteiger partial charge >= 0.3 is 5.97 Å². The van der Waals surface area contributed by atoms with Gasteiger partial charge in [0.1, 0.15) is 0 Å². The minimum absolute atomic E-state index is 0.0662. The van der Waals surface area contributed by atoms with Gasteiger partial charge in [-0.2, -0.15) is 0 Å². The second-order valence-electron chi connectivity index (χ2n) is 5.12. The second-order valence-corrected chi connectivity index (χ2v) is 5.53. The van der Waals surface area contributed by atoms with E-state index in [9.17, 15) is 4.79 Å². The Morgan fingerprint density at radius 1 is 1.28 bits per heavy atom. The van der Waals surface area contributed by atoms with Crippen molar-refractivity contribution in [3.63, 3.8) is 0 Å². The summed E-state index contributed by atoms with van der Waals surface area (Å²) in [5.41, 5.74) is 1.01. The predicted octanol–water partition coefficient (Wildman–Crippen LogP) is 4.48. The molecule has 98 valence electrons. The van der Waals surface area contributed by atoms with Crippen molar-refractivity contribution in [3.8, 4) is 0 Å². The summed E-state index contributed by atoms with van der Waals surface area (Å²) in [7, 11) is 0. The third-order valence-electron chi connectivity index (χ3n) is 3.92. The smallest absolute Gasteiger partial charge is 0.303 e. The number of hydrogen-bond donors (Lipinski definition) is 1. The Bertz CT molecular complexity index is 411. The van der Waals surface area contributed by atoms with Crippen LogP contribution in [0.5, 0.6) is 0 Å². The van der Waals surface area contributed by atoms with E-state index < -0.39 is 5.97 Å². The summed E-state index contributed by atoms with van der Waals surface area (Å²) < 4.78 is 0. The molecule has 2 rings (SSSR count). The Morgan fingerprint density at radius 2 is 1.94 bits per heavy atom. The van der Waals surface area contributed by atoms with Crippen LogP contribution in [0.1, 0.15) is 50.0 Å². The van der Waals surface area contributed by atoms with E-state index in [4.69, 9.17) is 16.7 Å². The SMILES string of the molecule is O=C(O)CC(c1ccccc1Cl)C1CCCCC1. The van der Waals surface area contributed by atoms with Crippen LogP contribution in [0, 0.1) is 5.92 Å². The molecule has 1 unspecified atom stereocenters. The molecule has 1 saturated carbocycles. The topological polar surface area (TPSA) is 37.3 Å². The highest BCUT2D eigenvalue weighted by Gasteiger charge is 2.28. The molecular formula is C15H19ClO2. The van der Waals surface area contributed by atoms with E-state index in [0.29, 0.717) is 10.9 Å². The van der Waals surface area contributed by atoms with E-state index in [2.05, 4.69) is 0 Å².